The third-order valence-corrected chi connectivity index (χ3v) is 3.17. The number of aromatic nitrogens is 2. The average Bonchev–Trinajstić information content (AvgIpc) is 2.85. The smallest absolute Gasteiger partial charge is 0.148 e. The van der Waals surface area contributed by atoms with Crippen molar-refractivity contribution in [2.45, 2.75) is 13.2 Å². The number of hydrogen-bond donors (Lipinski definition) is 1. The predicted octanol–water partition coefficient (Wildman–Crippen LogP) is 2.61. The fourth-order valence-corrected chi connectivity index (χ4v) is 2.25. The first-order chi connectivity index (χ1) is 9.88. The fraction of sp³-hybridized carbons (Fsp3) is 0.188. The highest BCUT2D eigenvalue weighted by molar-refractivity contribution is 5.75. The van der Waals surface area contributed by atoms with Gasteiger partial charge in [0.25, 0.3) is 0 Å². The van der Waals surface area contributed by atoms with Gasteiger partial charge >= 0.3 is 0 Å². The summed E-state index contributed by atoms with van der Waals surface area (Å²) >= 11 is 0. The van der Waals surface area contributed by atoms with Crippen LogP contribution in [-0.4, -0.2) is 21.3 Å². The van der Waals surface area contributed by atoms with E-state index in [1.807, 2.05) is 59.2 Å². The third kappa shape index (κ3) is 2.51. The Morgan fingerprint density at radius 3 is 2.55 bits per heavy atom. The molecular formula is C16H16N2O2. The molecule has 0 radical (unpaired) electrons. The van der Waals surface area contributed by atoms with Gasteiger partial charge in [0.05, 0.1) is 17.6 Å². The number of para-hydroxylation sites is 3. The van der Waals surface area contributed by atoms with Gasteiger partial charge in [-0.2, -0.15) is 0 Å². The van der Waals surface area contributed by atoms with Gasteiger partial charge in [0, 0.05) is 6.54 Å². The molecule has 0 saturated heterocycles. The molecule has 0 fully saturated rings. The number of ether oxygens (including phenoxy) is 1. The molecule has 0 bridgehead atoms. The number of imidazole rings is 1. The lowest BCUT2D eigenvalue weighted by Gasteiger charge is -2.09. The summed E-state index contributed by atoms with van der Waals surface area (Å²) in [6.45, 7) is 0.991. The first-order valence-corrected chi connectivity index (χ1v) is 6.61. The normalized spacial score (nSPS) is 10.8. The van der Waals surface area contributed by atoms with Gasteiger partial charge in [0.2, 0.25) is 0 Å². The Labute approximate surface area is 117 Å². The van der Waals surface area contributed by atoms with Crippen molar-refractivity contribution in [2.75, 3.05) is 6.61 Å². The summed E-state index contributed by atoms with van der Waals surface area (Å²) in [7, 11) is 0. The molecule has 3 rings (SSSR count). The molecular weight excluding hydrogens is 252 g/mol. The number of aliphatic hydroxyl groups is 1. The maximum absolute atomic E-state index is 9.22. The minimum atomic E-state index is 0.0820. The summed E-state index contributed by atoms with van der Waals surface area (Å²) in [5.74, 6) is 1.64. The van der Waals surface area contributed by atoms with Crippen molar-refractivity contribution in [3.63, 3.8) is 0 Å². The lowest BCUT2D eigenvalue weighted by atomic mass is 10.3. The standard InChI is InChI=1S/C16H16N2O2/c19-11-10-18-15-9-5-4-8-14(15)17-16(18)12-20-13-6-2-1-3-7-13/h1-9,19H,10-12H2. The van der Waals surface area contributed by atoms with Gasteiger partial charge in [-0.05, 0) is 24.3 Å². The van der Waals surface area contributed by atoms with Crippen molar-refractivity contribution in [2.24, 2.45) is 0 Å². The van der Waals surface area contributed by atoms with Crippen molar-refractivity contribution >= 4 is 11.0 Å². The van der Waals surface area contributed by atoms with Gasteiger partial charge in [-0.25, -0.2) is 4.98 Å². The minimum absolute atomic E-state index is 0.0820. The van der Waals surface area contributed by atoms with E-state index in [1.165, 1.54) is 0 Å². The summed E-state index contributed by atoms with van der Waals surface area (Å²) in [5, 5.41) is 9.22. The van der Waals surface area contributed by atoms with E-state index >= 15 is 0 Å². The largest absolute Gasteiger partial charge is 0.486 e. The zero-order valence-corrected chi connectivity index (χ0v) is 11.1. The second kappa shape index (κ2) is 5.75. The van der Waals surface area contributed by atoms with Crippen LogP contribution in [0.2, 0.25) is 0 Å². The molecule has 0 saturated carbocycles. The minimum Gasteiger partial charge on any atom is -0.486 e. The monoisotopic (exact) mass is 268 g/mol. The summed E-state index contributed by atoms with van der Waals surface area (Å²) < 4.78 is 7.74. The average molecular weight is 268 g/mol. The number of rotatable bonds is 5. The van der Waals surface area contributed by atoms with Crippen LogP contribution >= 0.6 is 0 Å². The van der Waals surface area contributed by atoms with Crippen molar-refractivity contribution in [3.05, 3.63) is 60.4 Å². The van der Waals surface area contributed by atoms with E-state index in [0.29, 0.717) is 13.2 Å². The van der Waals surface area contributed by atoms with Crippen molar-refractivity contribution < 1.29 is 9.84 Å². The molecule has 4 heteroatoms. The second-order valence-corrected chi connectivity index (χ2v) is 4.49. The van der Waals surface area contributed by atoms with Crippen LogP contribution in [0.25, 0.3) is 11.0 Å². The van der Waals surface area contributed by atoms with Crippen LogP contribution in [0, 0.1) is 0 Å². The van der Waals surface area contributed by atoms with Gasteiger partial charge in [0.15, 0.2) is 0 Å². The van der Waals surface area contributed by atoms with E-state index in [0.717, 1.165) is 22.6 Å². The quantitative estimate of drug-likeness (QED) is 0.773. The lowest BCUT2D eigenvalue weighted by molar-refractivity contribution is 0.260. The second-order valence-electron chi connectivity index (χ2n) is 4.49. The molecule has 0 amide bonds. The van der Waals surface area contributed by atoms with E-state index < -0.39 is 0 Å². The van der Waals surface area contributed by atoms with Gasteiger partial charge in [-0.3, -0.25) is 0 Å². The Morgan fingerprint density at radius 2 is 1.75 bits per heavy atom. The molecule has 1 N–H and O–H groups in total. The molecule has 3 aromatic rings. The predicted molar refractivity (Wildman–Crippen MR) is 77.6 cm³/mol. The van der Waals surface area contributed by atoms with E-state index in [2.05, 4.69) is 4.98 Å². The van der Waals surface area contributed by atoms with E-state index in [1.54, 1.807) is 0 Å². The molecule has 0 spiro atoms. The summed E-state index contributed by atoms with van der Waals surface area (Å²) in [6.07, 6.45) is 0. The Hall–Kier alpha value is -2.33. The van der Waals surface area contributed by atoms with Crippen LogP contribution in [-0.2, 0) is 13.2 Å². The van der Waals surface area contributed by atoms with E-state index in [-0.39, 0.29) is 6.61 Å². The lowest BCUT2D eigenvalue weighted by Crippen LogP contribution is -2.09. The molecule has 4 nitrogen and oxygen atoms in total. The van der Waals surface area contributed by atoms with E-state index in [4.69, 9.17) is 4.74 Å². The number of benzene rings is 2. The number of aliphatic hydroxyl groups excluding tert-OH is 1. The first kappa shape index (κ1) is 12.7. The van der Waals surface area contributed by atoms with Gasteiger partial charge in [-0.15, -0.1) is 0 Å². The Kier molecular flexibility index (Phi) is 3.65. The van der Waals surface area contributed by atoms with Crippen LogP contribution in [0.4, 0.5) is 0 Å². The Bertz CT molecular complexity index is 692. The first-order valence-electron chi connectivity index (χ1n) is 6.61. The molecule has 0 atom stereocenters. The molecule has 20 heavy (non-hydrogen) atoms. The van der Waals surface area contributed by atoms with Gasteiger partial charge < -0.3 is 14.4 Å². The highest BCUT2D eigenvalue weighted by Gasteiger charge is 2.10. The van der Waals surface area contributed by atoms with E-state index in [9.17, 15) is 5.11 Å². The topological polar surface area (TPSA) is 47.3 Å². The molecule has 0 aliphatic carbocycles. The van der Waals surface area contributed by atoms with Gasteiger partial charge in [-0.1, -0.05) is 30.3 Å². The maximum Gasteiger partial charge on any atom is 0.148 e. The summed E-state index contributed by atoms with van der Waals surface area (Å²) in [6, 6.07) is 17.6. The number of hydrogen-bond acceptors (Lipinski definition) is 3. The summed E-state index contributed by atoms with van der Waals surface area (Å²) in [4.78, 5) is 4.57. The van der Waals surface area contributed by atoms with Crippen LogP contribution in [0.5, 0.6) is 5.75 Å². The molecule has 1 aromatic heterocycles. The SMILES string of the molecule is OCCn1c(COc2ccccc2)nc2ccccc21. The van der Waals surface area contributed by atoms with Crippen LogP contribution in [0.3, 0.4) is 0 Å². The molecule has 102 valence electrons. The fourth-order valence-electron chi connectivity index (χ4n) is 2.25. The van der Waals surface area contributed by atoms with Crippen LogP contribution < -0.4 is 4.74 Å². The molecule has 1 heterocycles. The van der Waals surface area contributed by atoms with Crippen LogP contribution in [0.1, 0.15) is 5.82 Å². The number of nitrogens with zero attached hydrogens (tertiary/aromatic N) is 2. The highest BCUT2D eigenvalue weighted by Crippen LogP contribution is 2.18. The van der Waals surface area contributed by atoms with Crippen molar-refractivity contribution in [1.82, 2.24) is 9.55 Å². The zero-order chi connectivity index (χ0) is 13.8. The molecule has 0 aliphatic heterocycles. The molecule has 0 aliphatic rings. The third-order valence-electron chi connectivity index (χ3n) is 3.17. The molecule has 2 aromatic carbocycles. The zero-order valence-electron chi connectivity index (χ0n) is 11.1. The highest BCUT2D eigenvalue weighted by atomic mass is 16.5. The van der Waals surface area contributed by atoms with Crippen molar-refractivity contribution in [1.29, 1.82) is 0 Å². The maximum atomic E-state index is 9.22. The Balaban J connectivity index is 1.88. The molecule has 0 unspecified atom stereocenters. The van der Waals surface area contributed by atoms with Crippen molar-refractivity contribution in [3.8, 4) is 5.75 Å². The summed E-state index contributed by atoms with van der Waals surface area (Å²) in [5.41, 5.74) is 1.95. The number of fused-ring (bicyclic) bond motifs is 1. The Morgan fingerprint density at radius 1 is 1.00 bits per heavy atom. The van der Waals surface area contributed by atoms with Gasteiger partial charge in [0.1, 0.15) is 18.2 Å². The van der Waals surface area contributed by atoms with Crippen LogP contribution in [0.15, 0.2) is 54.6 Å².